The second-order valence-electron chi connectivity index (χ2n) is 6.51. The van der Waals surface area contributed by atoms with Gasteiger partial charge in [0, 0.05) is 18.4 Å². The standard InChI is InChI=1S/C20H19FN2O2/c1-12(24)23-20(13-3-6-15(21)7-4-13)18-9-5-14-11-16(25-2)8-10-17(14)19(18)22-23/h3-4,6-8,10-11,18,20H,5,9H2,1-2H3/t18-,20+/m0/s1. The van der Waals surface area contributed by atoms with E-state index in [1.807, 2.05) is 18.2 Å². The van der Waals surface area contributed by atoms with Gasteiger partial charge in [0.2, 0.25) is 5.91 Å². The number of hydrogen-bond donors (Lipinski definition) is 0. The first kappa shape index (κ1) is 15.8. The molecule has 0 spiro atoms. The van der Waals surface area contributed by atoms with E-state index in [2.05, 4.69) is 5.10 Å². The number of carbonyl (C=O) groups is 1. The zero-order valence-electron chi connectivity index (χ0n) is 14.2. The van der Waals surface area contributed by atoms with Crippen molar-refractivity contribution in [3.63, 3.8) is 0 Å². The molecule has 2 atom stereocenters. The summed E-state index contributed by atoms with van der Waals surface area (Å²) in [5, 5.41) is 6.20. The lowest BCUT2D eigenvalue weighted by Gasteiger charge is -2.29. The number of methoxy groups -OCH3 is 1. The third kappa shape index (κ3) is 2.60. The van der Waals surface area contributed by atoms with Gasteiger partial charge in [0.15, 0.2) is 0 Å². The molecular formula is C20H19FN2O2. The number of ether oxygens (including phenoxy) is 1. The molecule has 0 unspecified atom stereocenters. The van der Waals surface area contributed by atoms with Crippen LogP contribution >= 0.6 is 0 Å². The molecule has 4 nitrogen and oxygen atoms in total. The number of fused-ring (bicyclic) bond motifs is 3. The van der Waals surface area contributed by atoms with Gasteiger partial charge in [-0.2, -0.15) is 5.10 Å². The van der Waals surface area contributed by atoms with Gasteiger partial charge < -0.3 is 4.74 Å². The Morgan fingerprint density at radius 3 is 2.68 bits per heavy atom. The van der Waals surface area contributed by atoms with Crippen LogP contribution in [0.3, 0.4) is 0 Å². The first-order valence-electron chi connectivity index (χ1n) is 8.39. The van der Waals surface area contributed by atoms with E-state index in [1.165, 1.54) is 24.6 Å². The Morgan fingerprint density at radius 1 is 1.24 bits per heavy atom. The Labute approximate surface area is 145 Å². The summed E-state index contributed by atoms with van der Waals surface area (Å²) in [7, 11) is 1.66. The molecule has 0 fully saturated rings. The van der Waals surface area contributed by atoms with Crippen molar-refractivity contribution >= 4 is 11.6 Å². The van der Waals surface area contributed by atoms with Gasteiger partial charge >= 0.3 is 0 Å². The molecule has 2 aromatic carbocycles. The average Bonchev–Trinajstić information content (AvgIpc) is 3.02. The number of carbonyl (C=O) groups excluding carboxylic acids is 1. The Hall–Kier alpha value is -2.69. The second-order valence-corrected chi connectivity index (χ2v) is 6.51. The molecule has 0 radical (unpaired) electrons. The van der Waals surface area contributed by atoms with Gasteiger partial charge in [0.05, 0.1) is 18.9 Å². The SMILES string of the molecule is COc1ccc2c(c1)CC[C@H]1C2=NN(C(C)=O)[C@@H]1c1ccc(F)cc1. The van der Waals surface area contributed by atoms with Gasteiger partial charge in [-0.25, -0.2) is 9.40 Å². The summed E-state index contributed by atoms with van der Waals surface area (Å²) >= 11 is 0. The van der Waals surface area contributed by atoms with Crippen LogP contribution in [0.5, 0.6) is 5.75 Å². The number of aryl methyl sites for hydroxylation is 1. The zero-order valence-corrected chi connectivity index (χ0v) is 14.2. The lowest BCUT2D eigenvalue weighted by atomic mass is 9.77. The second kappa shape index (κ2) is 5.99. The van der Waals surface area contributed by atoms with E-state index in [9.17, 15) is 9.18 Å². The fraction of sp³-hybridized carbons (Fsp3) is 0.300. The fourth-order valence-electron chi connectivity index (χ4n) is 3.89. The highest BCUT2D eigenvalue weighted by Gasteiger charge is 2.43. The Balaban J connectivity index is 1.78. The molecule has 1 aliphatic heterocycles. The number of nitrogens with zero attached hydrogens (tertiary/aromatic N) is 2. The van der Waals surface area contributed by atoms with Crippen LogP contribution in [0.1, 0.15) is 36.1 Å². The number of benzene rings is 2. The Morgan fingerprint density at radius 2 is 2.00 bits per heavy atom. The molecule has 0 bridgehead atoms. The smallest absolute Gasteiger partial charge is 0.240 e. The minimum Gasteiger partial charge on any atom is -0.497 e. The van der Waals surface area contributed by atoms with Crippen LogP contribution < -0.4 is 4.74 Å². The van der Waals surface area contributed by atoms with Crippen LogP contribution in [0.2, 0.25) is 0 Å². The monoisotopic (exact) mass is 338 g/mol. The van der Waals surface area contributed by atoms with Crippen LogP contribution in [-0.4, -0.2) is 23.7 Å². The molecule has 0 N–H and O–H groups in total. The highest BCUT2D eigenvalue weighted by atomic mass is 19.1. The molecule has 0 aromatic heterocycles. The first-order valence-corrected chi connectivity index (χ1v) is 8.39. The fourth-order valence-corrected chi connectivity index (χ4v) is 3.89. The largest absolute Gasteiger partial charge is 0.497 e. The molecule has 4 rings (SSSR count). The summed E-state index contributed by atoms with van der Waals surface area (Å²) in [5.74, 6) is 0.564. The van der Waals surface area contributed by atoms with Crippen molar-refractivity contribution < 1.29 is 13.9 Å². The van der Waals surface area contributed by atoms with Gasteiger partial charge in [0.1, 0.15) is 11.6 Å². The summed E-state index contributed by atoms with van der Waals surface area (Å²) in [6, 6.07) is 12.2. The predicted molar refractivity (Wildman–Crippen MR) is 93.0 cm³/mol. The summed E-state index contributed by atoms with van der Waals surface area (Å²) in [4.78, 5) is 12.2. The highest BCUT2D eigenvalue weighted by molar-refractivity contribution is 6.06. The third-order valence-corrected chi connectivity index (χ3v) is 5.06. The summed E-state index contributed by atoms with van der Waals surface area (Å²) in [5.41, 5.74) is 4.12. The number of halogens is 1. The zero-order chi connectivity index (χ0) is 17.6. The highest BCUT2D eigenvalue weighted by Crippen LogP contribution is 2.43. The van der Waals surface area contributed by atoms with Gasteiger partial charge in [-0.3, -0.25) is 4.79 Å². The average molecular weight is 338 g/mol. The number of hydrogen-bond acceptors (Lipinski definition) is 3. The molecule has 25 heavy (non-hydrogen) atoms. The predicted octanol–water partition coefficient (Wildman–Crippen LogP) is 3.70. The van der Waals surface area contributed by atoms with E-state index >= 15 is 0 Å². The van der Waals surface area contributed by atoms with E-state index in [-0.39, 0.29) is 23.7 Å². The van der Waals surface area contributed by atoms with Crippen molar-refractivity contribution in [2.24, 2.45) is 11.0 Å². The maximum Gasteiger partial charge on any atom is 0.240 e. The van der Waals surface area contributed by atoms with Gasteiger partial charge in [-0.05, 0) is 54.3 Å². The van der Waals surface area contributed by atoms with Gasteiger partial charge in [-0.15, -0.1) is 0 Å². The molecule has 5 heteroatoms. The van der Waals surface area contributed by atoms with Crippen LogP contribution in [0, 0.1) is 11.7 Å². The van der Waals surface area contributed by atoms with E-state index in [4.69, 9.17) is 4.74 Å². The molecule has 2 aromatic rings. The van der Waals surface area contributed by atoms with E-state index < -0.39 is 0 Å². The van der Waals surface area contributed by atoms with Crippen molar-refractivity contribution in [1.29, 1.82) is 0 Å². The maximum absolute atomic E-state index is 13.3. The molecule has 2 aliphatic rings. The lowest BCUT2D eigenvalue weighted by molar-refractivity contribution is -0.131. The maximum atomic E-state index is 13.3. The quantitative estimate of drug-likeness (QED) is 0.838. The van der Waals surface area contributed by atoms with Crippen LogP contribution in [0.4, 0.5) is 4.39 Å². The van der Waals surface area contributed by atoms with Crippen molar-refractivity contribution in [2.75, 3.05) is 7.11 Å². The number of rotatable bonds is 2. The normalized spacial score (nSPS) is 21.4. The minimum atomic E-state index is -0.279. The van der Waals surface area contributed by atoms with E-state index in [1.54, 1.807) is 24.3 Å². The molecule has 1 aliphatic carbocycles. The van der Waals surface area contributed by atoms with Gasteiger partial charge in [-0.1, -0.05) is 12.1 Å². The number of hydrazone groups is 1. The molecule has 1 heterocycles. The van der Waals surface area contributed by atoms with Crippen molar-refractivity contribution in [3.05, 3.63) is 65.0 Å². The molecule has 128 valence electrons. The molecule has 0 saturated carbocycles. The number of amides is 1. The molecular weight excluding hydrogens is 319 g/mol. The van der Waals surface area contributed by atoms with Crippen molar-refractivity contribution in [2.45, 2.75) is 25.8 Å². The molecule has 0 saturated heterocycles. The topological polar surface area (TPSA) is 41.9 Å². The van der Waals surface area contributed by atoms with Crippen LogP contribution in [0.25, 0.3) is 0 Å². The van der Waals surface area contributed by atoms with Crippen molar-refractivity contribution in [1.82, 2.24) is 5.01 Å². The van der Waals surface area contributed by atoms with Crippen molar-refractivity contribution in [3.8, 4) is 5.75 Å². The summed E-state index contributed by atoms with van der Waals surface area (Å²) in [6.07, 6.45) is 1.80. The third-order valence-electron chi connectivity index (χ3n) is 5.06. The van der Waals surface area contributed by atoms with Crippen LogP contribution in [0.15, 0.2) is 47.6 Å². The minimum absolute atomic E-state index is 0.105. The van der Waals surface area contributed by atoms with Crippen LogP contribution in [-0.2, 0) is 11.2 Å². The lowest BCUT2D eigenvalue weighted by Crippen LogP contribution is -2.31. The van der Waals surface area contributed by atoms with Gasteiger partial charge in [0.25, 0.3) is 0 Å². The van der Waals surface area contributed by atoms with E-state index in [0.29, 0.717) is 0 Å². The Kier molecular flexibility index (Phi) is 3.79. The molecule has 1 amide bonds. The Bertz CT molecular complexity index is 860. The first-order chi connectivity index (χ1) is 12.1. The summed E-state index contributed by atoms with van der Waals surface area (Å²) < 4.78 is 18.6. The van der Waals surface area contributed by atoms with E-state index in [0.717, 1.165) is 35.4 Å². The summed E-state index contributed by atoms with van der Waals surface area (Å²) in [6.45, 7) is 1.52.